The molecule has 0 saturated carbocycles. The lowest BCUT2D eigenvalue weighted by atomic mass is 10.0. The molecule has 3 heteroatoms. The highest BCUT2D eigenvalue weighted by Gasteiger charge is 2.08. The summed E-state index contributed by atoms with van der Waals surface area (Å²) in [6, 6.07) is 6.29. The third-order valence-corrected chi connectivity index (χ3v) is 2.67. The Bertz CT molecular complexity index is 471. The molecule has 0 N–H and O–H groups in total. The van der Waals surface area contributed by atoms with Crippen molar-refractivity contribution < 1.29 is 0 Å². The van der Waals surface area contributed by atoms with Gasteiger partial charge in [0.2, 0.25) is 0 Å². The Hall–Kier alpha value is -1.64. The highest BCUT2D eigenvalue weighted by molar-refractivity contribution is 5.61. The van der Waals surface area contributed by atoms with Gasteiger partial charge in [0, 0.05) is 12.6 Å². The minimum atomic E-state index is 0.810. The molecule has 0 aliphatic rings. The number of aromatic nitrogens is 3. The predicted molar refractivity (Wildman–Crippen MR) is 60.6 cm³/mol. The van der Waals surface area contributed by atoms with E-state index >= 15 is 0 Å². The zero-order valence-corrected chi connectivity index (χ0v) is 9.36. The number of rotatable bonds is 2. The van der Waals surface area contributed by atoms with Gasteiger partial charge in [0.1, 0.15) is 6.33 Å². The largest absolute Gasteiger partial charge is 0.255 e. The van der Waals surface area contributed by atoms with Crippen LogP contribution in [0.3, 0.4) is 0 Å². The van der Waals surface area contributed by atoms with E-state index in [2.05, 4.69) is 42.1 Å². The van der Waals surface area contributed by atoms with Crippen LogP contribution in [0.2, 0.25) is 0 Å². The lowest BCUT2D eigenvalue weighted by molar-refractivity contribution is 0.768. The molecular weight excluding hydrogens is 186 g/mol. The van der Waals surface area contributed by atoms with Crippen LogP contribution in [0.5, 0.6) is 0 Å². The fraction of sp³-hybridized carbons (Fsp3) is 0.333. The predicted octanol–water partition coefficient (Wildman–Crippen LogP) is 2.35. The van der Waals surface area contributed by atoms with Crippen molar-refractivity contribution in [1.29, 1.82) is 0 Å². The van der Waals surface area contributed by atoms with E-state index in [-0.39, 0.29) is 0 Å². The van der Waals surface area contributed by atoms with Crippen LogP contribution >= 0.6 is 0 Å². The van der Waals surface area contributed by atoms with Crippen molar-refractivity contribution in [2.45, 2.75) is 20.3 Å². The summed E-state index contributed by atoms with van der Waals surface area (Å²) in [6.07, 6.45) is 2.78. The average Bonchev–Trinajstić information content (AvgIpc) is 2.65. The van der Waals surface area contributed by atoms with E-state index in [1.165, 1.54) is 11.1 Å². The molecule has 1 aromatic carbocycles. The van der Waals surface area contributed by atoms with Gasteiger partial charge in [0.15, 0.2) is 5.82 Å². The molecular formula is C12H15N3. The highest BCUT2D eigenvalue weighted by atomic mass is 15.3. The first kappa shape index (κ1) is 9.90. The molecule has 3 nitrogen and oxygen atoms in total. The lowest BCUT2D eigenvalue weighted by Gasteiger charge is -2.06. The van der Waals surface area contributed by atoms with Gasteiger partial charge in [-0.25, -0.2) is 4.98 Å². The van der Waals surface area contributed by atoms with Gasteiger partial charge in [-0.2, -0.15) is 5.10 Å². The second-order valence-electron chi connectivity index (χ2n) is 3.69. The summed E-state index contributed by atoms with van der Waals surface area (Å²) in [6.45, 7) is 4.29. The molecule has 1 heterocycles. The van der Waals surface area contributed by atoms with Gasteiger partial charge in [0.25, 0.3) is 0 Å². The van der Waals surface area contributed by atoms with Crippen LogP contribution in [0.1, 0.15) is 18.1 Å². The monoisotopic (exact) mass is 201 g/mol. The third kappa shape index (κ3) is 1.77. The molecule has 0 saturated heterocycles. The van der Waals surface area contributed by atoms with Crippen molar-refractivity contribution in [1.82, 2.24) is 14.8 Å². The average molecular weight is 201 g/mol. The Morgan fingerprint density at radius 1 is 1.33 bits per heavy atom. The van der Waals surface area contributed by atoms with E-state index in [9.17, 15) is 0 Å². The van der Waals surface area contributed by atoms with Crippen LogP contribution in [0, 0.1) is 6.92 Å². The summed E-state index contributed by atoms with van der Waals surface area (Å²) in [4.78, 5) is 4.27. The van der Waals surface area contributed by atoms with Crippen LogP contribution in [-0.2, 0) is 13.5 Å². The van der Waals surface area contributed by atoms with Gasteiger partial charge in [0.05, 0.1) is 0 Å². The SMILES string of the molecule is CCc1cccc(-c2ncn(C)n2)c1C. The zero-order valence-electron chi connectivity index (χ0n) is 9.36. The Balaban J connectivity index is 2.53. The maximum Gasteiger partial charge on any atom is 0.181 e. The summed E-state index contributed by atoms with van der Waals surface area (Å²) in [7, 11) is 1.88. The Morgan fingerprint density at radius 2 is 2.13 bits per heavy atom. The third-order valence-electron chi connectivity index (χ3n) is 2.67. The van der Waals surface area contributed by atoms with Gasteiger partial charge in [-0.3, -0.25) is 4.68 Å². The molecule has 0 amide bonds. The number of hydrogen-bond donors (Lipinski definition) is 0. The Morgan fingerprint density at radius 3 is 2.73 bits per heavy atom. The molecule has 0 radical (unpaired) electrons. The smallest absolute Gasteiger partial charge is 0.181 e. The van der Waals surface area contributed by atoms with E-state index in [0.29, 0.717) is 0 Å². The molecule has 0 atom stereocenters. The quantitative estimate of drug-likeness (QED) is 0.746. The van der Waals surface area contributed by atoms with Gasteiger partial charge in [-0.1, -0.05) is 25.1 Å². The van der Waals surface area contributed by atoms with E-state index in [1.54, 1.807) is 11.0 Å². The minimum Gasteiger partial charge on any atom is -0.255 e. The van der Waals surface area contributed by atoms with Crippen molar-refractivity contribution in [2.75, 3.05) is 0 Å². The van der Waals surface area contributed by atoms with Crippen LogP contribution in [0.25, 0.3) is 11.4 Å². The first-order valence-electron chi connectivity index (χ1n) is 5.17. The second-order valence-corrected chi connectivity index (χ2v) is 3.69. The van der Waals surface area contributed by atoms with Crippen molar-refractivity contribution in [3.8, 4) is 11.4 Å². The lowest BCUT2D eigenvalue weighted by Crippen LogP contribution is -1.93. The molecule has 0 aliphatic carbocycles. The van der Waals surface area contributed by atoms with Crippen molar-refractivity contribution >= 4 is 0 Å². The molecule has 0 spiro atoms. The van der Waals surface area contributed by atoms with Crippen LogP contribution in [0.15, 0.2) is 24.5 Å². The molecule has 15 heavy (non-hydrogen) atoms. The van der Waals surface area contributed by atoms with Gasteiger partial charge in [-0.15, -0.1) is 0 Å². The van der Waals surface area contributed by atoms with Crippen molar-refractivity contribution in [3.63, 3.8) is 0 Å². The molecule has 0 bridgehead atoms. The van der Waals surface area contributed by atoms with Crippen LogP contribution in [0.4, 0.5) is 0 Å². The summed E-state index contributed by atoms with van der Waals surface area (Å²) in [5, 5.41) is 4.32. The van der Waals surface area contributed by atoms with Crippen LogP contribution in [-0.4, -0.2) is 14.8 Å². The van der Waals surface area contributed by atoms with Crippen molar-refractivity contribution in [3.05, 3.63) is 35.7 Å². The maximum absolute atomic E-state index is 4.32. The standard InChI is InChI=1S/C12H15N3/c1-4-10-6-5-7-11(9(10)2)12-13-8-15(3)14-12/h5-8H,4H2,1-3H3. The van der Waals surface area contributed by atoms with E-state index < -0.39 is 0 Å². The normalized spacial score (nSPS) is 10.6. The number of hydrogen-bond acceptors (Lipinski definition) is 2. The highest BCUT2D eigenvalue weighted by Crippen LogP contribution is 2.22. The number of benzene rings is 1. The Kier molecular flexibility index (Phi) is 2.54. The minimum absolute atomic E-state index is 0.810. The number of aryl methyl sites for hydroxylation is 2. The summed E-state index contributed by atoms with van der Waals surface area (Å²) < 4.78 is 1.73. The number of nitrogens with zero attached hydrogens (tertiary/aromatic N) is 3. The van der Waals surface area contributed by atoms with Crippen LogP contribution < -0.4 is 0 Å². The topological polar surface area (TPSA) is 30.7 Å². The molecule has 0 unspecified atom stereocenters. The van der Waals surface area contributed by atoms with E-state index in [4.69, 9.17) is 0 Å². The second kappa shape index (κ2) is 3.85. The van der Waals surface area contributed by atoms with Gasteiger partial charge < -0.3 is 0 Å². The van der Waals surface area contributed by atoms with E-state index in [1.807, 2.05) is 7.05 Å². The van der Waals surface area contributed by atoms with Crippen molar-refractivity contribution in [2.24, 2.45) is 7.05 Å². The Labute approximate surface area is 89.8 Å². The van der Waals surface area contributed by atoms with E-state index in [0.717, 1.165) is 17.8 Å². The summed E-state index contributed by atoms with van der Waals surface area (Å²) >= 11 is 0. The maximum atomic E-state index is 4.32. The molecule has 0 fully saturated rings. The summed E-state index contributed by atoms with van der Waals surface area (Å²) in [5.74, 6) is 0.810. The molecule has 1 aromatic heterocycles. The van der Waals surface area contributed by atoms with Gasteiger partial charge in [-0.05, 0) is 24.5 Å². The zero-order chi connectivity index (χ0) is 10.8. The fourth-order valence-corrected chi connectivity index (χ4v) is 1.77. The first-order chi connectivity index (χ1) is 7.22. The fourth-order valence-electron chi connectivity index (χ4n) is 1.77. The molecule has 2 aromatic rings. The molecule has 78 valence electrons. The molecule has 2 rings (SSSR count). The summed E-state index contributed by atoms with van der Waals surface area (Å²) in [5.41, 5.74) is 3.78. The van der Waals surface area contributed by atoms with Gasteiger partial charge >= 0.3 is 0 Å². The molecule has 0 aliphatic heterocycles. The first-order valence-corrected chi connectivity index (χ1v) is 5.17.